The Morgan fingerprint density at radius 2 is 1.89 bits per heavy atom. The second-order valence-corrected chi connectivity index (χ2v) is 10.5. The molecule has 0 amide bonds. The van der Waals surface area contributed by atoms with Crippen molar-refractivity contribution in [1.82, 2.24) is 19.9 Å². The Kier molecular flexibility index (Phi) is 6.67. The number of rotatable bonds is 10. The van der Waals surface area contributed by atoms with Crippen molar-refractivity contribution in [3.05, 3.63) is 59.5 Å². The highest BCUT2D eigenvalue weighted by Gasteiger charge is 2.45. The van der Waals surface area contributed by atoms with Gasteiger partial charge < -0.3 is 15.7 Å². The molecule has 7 nitrogen and oxygen atoms in total. The first kappa shape index (κ1) is 23.6. The van der Waals surface area contributed by atoms with Crippen molar-refractivity contribution in [2.75, 3.05) is 23.8 Å². The monoisotopic (exact) mass is 488 g/mol. The van der Waals surface area contributed by atoms with Crippen LogP contribution in [0.4, 0.5) is 11.8 Å². The number of nitrogens with zero attached hydrogens (tertiary/aromatic N) is 4. The first-order chi connectivity index (χ1) is 17.0. The fraction of sp³-hybridized carbons (Fsp3) is 0.407. The van der Waals surface area contributed by atoms with E-state index in [1.165, 1.54) is 11.1 Å². The topological polar surface area (TPSA) is 95.8 Å². The maximum Gasteiger partial charge on any atom is 0.225 e. The molecule has 3 N–H and O–H groups in total. The van der Waals surface area contributed by atoms with E-state index in [1.54, 1.807) is 23.7 Å². The molecular weight excluding hydrogens is 456 g/mol. The van der Waals surface area contributed by atoms with Crippen LogP contribution in [0.2, 0.25) is 0 Å². The molecule has 1 fully saturated rings. The number of hydrogen-bond acceptors (Lipinski definition) is 8. The number of fused-ring (bicyclic) bond motifs is 1. The predicted molar refractivity (Wildman–Crippen MR) is 143 cm³/mol. The lowest BCUT2D eigenvalue weighted by Crippen LogP contribution is -2.21. The fourth-order valence-electron chi connectivity index (χ4n) is 4.42. The zero-order valence-corrected chi connectivity index (χ0v) is 21.3. The van der Waals surface area contributed by atoms with Gasteiger partial charge in [-0.25, -0.2) is 9.97 Å². The fourth-order valence-corrected chi connectivity index (χ4v) is 5.45. The molecule has 1 aromatic carbocycles. The van der Waals surface area contributed by atoms with Gasteiger partial charge in [-0.2, -0.15) is 4.98 Å². The minimum absolute atomic E-state index is 0.106. The summed E-state index contributed by atoms with van der Waals surface area (Å²) < 4.78 is 1.09. The van der Waals surface area contributed by atoms with E-state index in [0.717, 1.165) is 64.5 Å². The number of aliphatic hydroxyl groups is 1. The lowest BCUT2D eigenvalue weighted by atomic mass is 10.0. The molecule has 1 atom stereocenters. The number of benzene rings is 1. The van der Waals surface area contributed by atoms with E-state index in [0.29, 0.717) is 5.95 Å². The van der Waals surface area contributed by atoms with Crippen molar-refractivity contribution in [2.45, 2.75) is 52.0 Å². The Balaban J connectivity index is 1.48. The first-order valence-electron chi connectivity index (χ1n) is 12.3. The molecule has 0 spiro atoms. The molecule has 1 aliphatic rings. The van der Waals surface area contributed by atoms with Crippen molar-refractivity contribution in [1.29, 1.82) is 0 Å². The molecule has 0 aliphatic heterocycles. The molecule has 182 valence electrons. The van der Waals surface area contributed by atoms with Gasteiger partial charge in [-0.05, 0) is 50.7 Å². The van der Waals surface area contributed by atoms with Crippen LogP contribution in [-0.4, -0.2) is 38.2 Å². The highest BCUT2D eigenvalue weighted by atomic mass is 32.1. The predicted octanol–water partition coefficient (Wildman–Crippen LogP) is 5.69. The maximum absolute atomic E-state index is 9.61. The minimum atomic E-state index is -0.106. The van der Waals surface area contributed by atoms with E-state index in [1.807, 2.05) is 13.0 Å². The number of nitrogens with one attached hydrogen (secondary N) is 2. The van der Waals surface area contributed by atoms with Crippen molar-refractivity contribution in [3.8, 4) is 10.6 Å². The van der Waals surface area contributed by atoms with Crippen LogP contribution in [0, 0.1) is 19.8 Å². The van der Waals surface area contributed by atoms with E-state index in [9.17, 15) is 5.11 Å². The van der Waals surface area contributed by atoms with Crippen LogP contribution in [0.25, 0.3) is 20.8 Å². The quantitative estimate of drug-likeness (QED) is 0.264. The molecule has 3 heterocycles. The number of pyridine rings is 1. The van der Waals surface area contributed by atoms with Crippen molar-refractivity contribution in [3.63, 3.8) is 0 Å². The molecule has 1 unspecified atom stereocenters. The van der Waals surface area contributed by atoms with E-state index in [-0.39, 0.29) is 18.1 Å². The van der Waals surface area contributed by atoms with Crippen LogP contribution in [0.5, 0.6) is 0 Å². The van der Waals surface area contributed by atoms with Crippen LogP contribution in [0.1, 0.15) is 49.4 Å². The van der Waals surface area contributed by atoms with Gasteiger partial charge in [0.1, 0.15) is 16.3 Å². The lowest BCUT2D eigenvalue weighted by molar-refractivity contribution is 0.217. The van der Waals surface area contributed by atoms with Crippen molar-refractivity contribution >= 4 is 33.3 Å². The molecule has 1 aliphatic carbocycles. The van der Waals surface area contributed by atoms with Crippen LogP contribution in [0.15, 0.2) is 42.7 Å². The Labute approximate surface area is 210 Å². The van der Waals surface area contributed by atoms with Crippen molar-refractivity contribution in [2.24, 2.45) is 5.92 Å². The third-order valence-corrected chi connectivity index (χ3v) is 7.93. The Hall–Kier alpha value is -3.10. The number of aromatic nitrogens is 4. The number of aryl methyl sites for hydroxylation is 2. The summed E-state index contributed by atoms with van der Waals surface area (Å²) in [6.45, 7) is 7.16. The second kappa shape index (κ2) is 9.87. The average Bonchev–Trinajstić information content (AvgIpc) is 3.50. The smallest absolute Gasteiger partial charge is 0.225 e. The van der Waals surface area contributed by atoms with Crippen LogP contribution in [-0.2, 0) is 5.54 Å². The highest BCUT2D eigenvalue weighted by Crippen LogP contribution is 2.48. The Bertz CT molecular complexity index is 1280. The summed E-state index contributed by atoms with van der Waals surface area (Å²) in [7, 11) is 0. The number of thiazole rings is 1. The van der Waals surface area contributed by atoms with E-state index >= 15 is 0 Å². The number of hydrogen-bond donors (Lipinski definition) is 3. The minimum Gasteiger partial charge on any atom is -0.396 e. The average molecular weight is 489 g/mol. The SMILES string of the molecule is CCC(CO)CCNc1nc(NC2(c3ccc(C)cc3)CC2)nc(C)c1-c1nc2cnccc2s1. The van der Waals surface area contributed by atoms with Gasteiger partial charge >= 0.3 is 0 Å². The highest BCUT2D eigenvalue weighted by molar-refractivity contribution is 7.21. The molecule has 3 aromatic heterocycles. The molecule has 4 aromatic rings. The molecule has 1 saturated carbocycles. The molecule has 0 saturated heterocycles. The summed E-state index contributed by atoms with van der Waals surface area (Å²) >= 11 is 1.63. The third-order valence-electron chi connectivity index (χ3n) is 6.88. The lowest BCUT2D eigenvalue weighted by Gasteiger charge is -2.21. The van der Waals surface area contributed by atoms with Crippen LogP contribution < -0.4 is 10.6 Å². The normalized spacial score (nSPS) is 15.2. The molecule has 0 bridgehead atoms. The van der Waals surface area contributed by atoms with Crippen molar-refractivity contribution < 1.29 is 5.11 Å². The largest absolute Gasteiger partial charge is 0.396 e. The summed E-state index contributed by atoms with van der Waals surface area (Å²) in [5, 5.41) is 17.7. The van der Waals surface area contributed by atoms with Gasteiger partial charge in [-0.1, -0.05) is 43.2 Å². The molecular formula is C27H32N6OS. The van der Waals surface area contributed by atoms with Gasteiger partial charge in [0.05, 0.1) is 27.7 Å². The summed E-state index contributed by atoms with van der Waals surface area (Å²) in [6.07, 6.45) is 7.52. The van der Waals surface area contributed by atoms with Gasteiger partial charge in [-0.3, -0.25) is 4.98 Å². The zero-order valence-electron chi connectivity index (χ0n) is 20.5. The van der Waals surface area contributed by atoms with Gasteiger partial charge in [-0.15, -0.1) is 11.3 Å². The van der Waals surface area contributed by atoms with Gasteiger partial charge in [0.25, 0.3) is 0 Å². The molecule has 8 heteroatoms. The third kappa shape index (κ3) is 4.99. The molecule has 0 radical (unpaired) electrons. The molecule has 35 heavy (non-hydrogen) atoms. The second-order valence-electron chi connectivity index (χ2n) is 9.46. The number of aliphatic hydroxyl groups excluding tert-OH is 1. The first-order valence-corrected chi connectivity index (χ1v) is 13.1. The van der Waals surface area contributed by atoms with E-state index in [4.69, 9.17) is 15.0 Å². The van der Waals surface area contributed by atoms with Crippen LogP contribution >= 0.6 is 11.3 Å². The van der Waals surface area contributed by atoms with E-state index < -0.39 is 0 Å². The standard InChI is InChI=1S/C27H32N6OS/c1-4-19(16-34)9-14-29-24-23(25-31-21-15-28-13-10-22(21)35-25)18(3)30-26(32-24)33-27(11-12-27)20-7-5-17(2)6-8-20/h5-8,10,13,15,19,34H,4,9,11-12,14,16H2,1-3H3,(H2,29,30,32,33). The summed E-state index contributed by atoms with van der Waals surface area (Å²) in [5.41, 5.74) is 5.11. The summed E-state index contributed by atoms with van der Waals surface area (Å²) in [6, 6.07) is 10.7. The molecule has 5 rings (SSSR count). The van der Waals surface area contributed by atoms with Gasteiger partial charge in [0.2, 0.25) is 5.95 Å². The van der Waals surface area contributed by atoms with Gasteiger partial charge in [0, 0.05) is 19.3 Å². The maximum atomic E-state index is 9.61. The number of anilines is 2. The Morgan fingerprint density at radius 3 is 2.57 bits per heavy atom. The summed E-state index contributed by atoms with van der Waals surface area (Å²) in [5.74, 6) is 1.68. The van der Waals surface area contributed by atoms with E-state index in [2.05, 4.69) is 53.7 Å². The zero-order chi connectivity index (χ0) is 24.4. The van der Waals surface area contributed by atoms with Gasteiger partial charge in [0.15, 0.2) is 0 Å². The Morgan fingerprint density at radius 1 is 1.09 bits per heavy atom. The summed E-state index contributed by atoms with van der Waals surface area (Å²) in [4.78, 5) is 18.9. The van der Waals surface area contributed by atoms with Crippen LogP contribution in [0.3, 0.4) is 0 Å².